The molecule has 0 bridgehead atoms. The molecular formula is C13H18N3O. The van der Waals surface area contributed by atoms with Crippen molar-refractivity contribution in [3.05, 3.63) is 36.5 Å². The highest BCUT2D eigenvalue weighted by Crippen LogP contribution is 2.13. The van der Waals surface area contributed by atoms with E-state index in [-0.39, 0.29) is 11.9 Å². The Hall–Kier alpha value is -1.42. The molecule has 1 saturated heterocycles. The molecule has 1 radical (unpaired) electrons. The predicted molar refractivity (Wildman–Crippen MR) is 66.4 cm³/mol. The number of pyridine rings is 1. The summed E-state index contributed by atoms with van der Waals surface area (Å²) in [6.07, 6.45) is 6.60. The van der Waals surface area contributed by atoms with Gasteiger partial charge < -0.3 is 10.6 Å². The smallest absolute Gasteiger partial charge is 0.251 e. The van der Waals surface area contributed by atoms with E-state index in [9.17, 15) is 4.79 Å². The lowest BCUT2D eigenvalue weighted by Crippen LogP contribution is -2.49. The number of carbonyl (C=O) groups excluding carboxylic acids is 1. The van der Waals surface area contributed by atoms with Crippen molar-refractivity contribution < 1.29 is 4.79 Å². The van der Waals surface area contributed by atoms with E-state index in [2.05, 4.69) is 29.0 Å². The number of piperidine rings is 1. The van der Waals surface area contributed by atoms with Crippen molar-refractivity contribution >= 4 is 5.91 Å². The monoisotopic (exact) mass is 232 g/mol. The maximum Gasteiger partial charge on any atom is 0.251 e. The largest absolute Gasteiger partial charge is 0.348 e. The summed E-state index contributed by atoms with van der Waals surface area (Å²) in [5.74, 6) is 0.513. The van der Waals surface area contributed by atoms with E-state index in [1.54, 1.807) is 24.5 Å². The average molecular weight is 232 g/mol. The maximum absolute atomic E-state index is 11.9. The molecule has 4 nitrogen and oxygen atoms in total. The summed E-state index contributed by atoms with van der Waals surface area (Å²) < 4.78 is 0. The molecule has 1 fully saturated rings. The molecule has 2 rings (SSSR count). The van der Waals surface area contributed by atoms with Crippen molar-refractivity contribution in [1.29, 1.82) is 0 Å². The van der Waals surface area contributed by atoms with E-state index in [1.807, 2.05) is 0 Å². The first-order valence-electron chi connectivity index (χ1n) is 6.06. The summed E-state index contributed by atoms with van der Waals surface area (Å²) in [6.45, 7) is 3.99. The second-order valence-electron chi connectivity index (χ2n) is 4.33. The summed E-state index contributed by atoms with van der Waals surface area (Å²) in [5.41, 5.74) is 0.659. The molecule has 2 atom stereocenters. The third-order valence-corrected chi connectivity index (χ3v) is 3.06. The fourth-order valence-electron chi connectivity index (χ4n) is 2.02. The Kier molecular flexibility index (Phi) is 4.09. The minimum absolute atomic E-state index is 0.0350. The Bertz CT molecular complexity index is 366. The van der Waals surface area contributed by atoms with Crippen molar-refractivity contribution in [1.82, 2.24) is 15.6 Å². The molecule has 1 aliphatic heterocycles. The summed E-state index contributed by atoms with van der Waals surface area (Å²) in [6, 6.07) is 3.57. The minimum atomic E-state index is -0.0350. The maximum atomic E-state index is 11.9. The lowest BCUT2D eigenvalue weighted by molar-refractivity contribution is 0.0936. The molecule has 2 unspecified atom stereocenters. The Morgan fingerprint density at radius 1 is 1.47 bits per heavy atom. The zero-order chi connectivity index (χ0) is 12.1. The molecule has 17 heavy (non-hydrogen) atoms. The molecule has 1 aromatic rings. The van der Waals surface area contributed by atoms with Gasteiger partial charge in [0.1, 0.15) is 0 Å². The average Bonchev–Trinajstić information content (AvgIpc) is 2.40. The van der Waals surface area contributed by atoms with E-state index in [0.29, 0.717) is 11.5 Å². The summed E-state index contributed by atoms with van der Waals surface area (Å²) >= 11 is 0. The van der Waals surface area contributed by atoms with Crippen LogP contribution in [0.1, 0.15) is 23.7 Å². The third kappa shape index (κ3) is 3.27. The standard InChI is InChI=1S/C13H18N3O/c1-2-10-7-12(9-15-8-10)16-13(17)11-3-5-14-6-4-11/h3-7,10,12,15H,2,8-9H2,1H3,(H,16,17). The number of aromatic nitrogens is 1. The highest BCUT2D eigenvalue weighted by atomic mass is 16.1. The van der Waals surface area contributed by atoms with Gasteiger partial charge in [0.25, 0.3) is 5.91 Å². The summed E-state index contributed by atoms with van der Waals surface area (Å²) in [4.78, 5) is 15.8. The lowest BCUT2D eigenvalue weighted by Gasteiger charge is -2.29. The first-order chi connectivity index (χ1) is 8.29. The Morgan fingerprint density at radius 3 is 2.94 bits per heavy atom. The molecule has 0 aromatic carbocycles. The van der Waals surface area contributed by atoms with Crippen LogP contribution in [0.15, 0.2) is 24.5 Å². The van der Waals surface area contributed by atoms with Crippen LogP contribution >= 0.6 is 0 Å². The van der Waals surface area contributed by atoms with E-state index < -0.39 is 0 Å². The first-order valence-corrected chi connectivity index (χ1v) is 6.06. The van der Waals surface area contributed by atoms with Crippen molar-refractivity contribution in [3.63, 3.8) is 0 Å². The Morgan fingerprint density at radius 2 is 2.24 bits per heavy atom. The van der Waals surface area contributed by atoms with Crippen molar-refractivity contribution in [2.24, 2.45) is 5.92 Å². The van der Waals surface area contributed by atoms with E-state index >= 15 is 0 Å². The quantitative estimate of drug-likeness (QED) is 0.818. The highest BCUT2D eigenvalue weighted by Gasteiger charge is 2.22. The minimum Gasteiger partial charge on any atom is -0.348 e. The molecule has 0 spiro atoms. The van der Waals surface area contributed by atoms with E-state index in [1.165, 1.54) is 0 Å². The normalized spacial score (nSPS) is 24.3. The van der Waals surface area contributed by atoms with Crippen LogP contribution in [0.25, 0.3) is 0 Å². The molecule has 0 saturated carbocycles. The van der Waals surface area contributed by atoms with Crippen molar-refractivity contribution in [3.8, 4) is 0 Å². The van der Waals surface area contributed by atoms with Gasteiger partial charge in [0.15, 0.2) is 0 Å². The van der Waals surface area contributed by atoms with Crippen LogP contribution in [0.5, 0.6) is 0 Å². The Labute approximate surface area is 102 Å². The van der Waals surface area contributed by atoms with Crippen LogP contribution in [-0.2, 0) is 0 Å². The van der Waals surface area contributed by atoms with Crippen molar-refractivity contribution in [2.45, 2.75) is 19.4 Å². The molecule has 1 amide bonds. The fraction of sp³-hybridized carbons (Fsp3) is 0.462. The fourth-order valence-corrected chi connectivity index (χ4v) is 2.02. The zero-order valence-electron chi connectivity index (χ0n) is 10.0. The topological polar surface area (TPSA) is 54.0 Å². The number of rotatable bonds is 3. The number of carbonyl (C=O) groups is 1. The van der Waals surface area contributed by atoms with Crippen LogP contribution in [0.4, 0.5) is 0 Å². The first kappa shape index (κ1) is 12.0. The Balaban J connectivity index is 1.90. The predicted octanol–water partition coefficient (Wildman–Crippen LogP) is 1.01. The van der Waals surface area contributed by atoms with Gasteiger partial charge in [-0.15, -0.1) is 0 Å². The SMILES string of the molecule is CCC1[CH]C(NC(=O)c2ccncc2)CNC1. The third-order valence-electron chi connectivity index (χ3n) is 3.06. The zero-order valence-corrected chi connectivity index (χ0v) is 10.0. The molecule has 0 aliphatic carbocycles. The number of nitrogens with one attached hydrogen (secondary N) is 2. The van der Waals surface area contributed by atoms with Crippen LogP contribution in [-0.4, -0.2) is 30.0 Å². The number of nitrogens with zero attached hydrogens (tertiary/aromatic N) is 1. The highest BCUT2D eigenvalue weighted by molar-refractivity contribution is 5.94. The van der Waals surface area contributed by atoms with Gasteiger partial charge in [-0.05, 0) is 31.0 Å². The van der Waals surface area contributed by atoms with Crippen LogP contribution < -0.4 is 10.6 Å². The van der Waals surface area contributed by atoms with E-state index in [4.69, 9.17) is 0 Å². The molecular weight excluding hydrogens is 214 g/mol. The lowest BCUT2D eigenvalue weighted by atomic mass is 9.93. The summed E-state index contributed by atoms with van der Waals surface area (Å²) in [5, 5.41) is 6.35. The van der Waals surface area contributed by atoms with Crippen LogP contribution in [0, 0.1) is 12.3 Å². The van der Waals surface area contributed by atoms with Crippen LogP contribution in [0.2, 0.25) is 0 Å². The van der Waals surface area contributed by atoms with Gasteiger partial charge >= 0.3 is 0 Å². The number of hydrogen-bond acceptors (Lipinski definition) is 3. The molecule has 1 aliphatic rings. The van der Waals surface area contributed by atoms with Gasteiger partial charge in [-0.1, -0.05) is 13.3 Å². The summed E-state index contributed by atoms with van der Waals surface area (Å²) in [7, 11) is 0. The molecule has 91 valence electrons. The molecule has 2 N–H and O–H groups in total. The van der Waals surface area contributed by atoms with Gasteiger partial charge in [-0.3, -0.25) is 9.78 Å². The van der Waals surface area contributed by atoms with Gasteiger partial charge in [-0.25, -0.2) is 0 Å². The molecule has 1 aromatic heterocycles. The van der Waals surface area contributed by atoms with Gasteiger partial charge in [0.2, 0.25) is 0 Å². The molecule has 2 heterocycles. The van der Waals surface area contributed by atoms with Crippen molar-refractivity contribution in [2.75, 3.05) is 13.1 Å². The number of hydrogen-bond donors (Lipinski definition) is 2. The second-order valence-corrected chi connectivity index (χ2v) is 4.33. The van der Waals surface area contributed by atoms with Crippen LogP contribution in [0.3, 0.4) is 0 Å². The molecule has 4 heteroatoms. The second kappa shape index (κ2) is 5.77. The van der Waals surface area contributed by atoms with Gasteiger partial charge in [0.05, 0.1) is 0 Å². The van der Waals surface area contributed by atoms with Gasteiger partial charge in [-0.2, -0.15) is 0 Å². The number of amides is 1. The van der Waals surface area contributed by atoms with E-state index in [0.717, 1.165) is 19.5 Å². The van der Waals surface area contributed by atoms with Gasteiger partial charge in [0, 0.05) is 30.5 Å².